The summed E-state index contributed by atoms with van der Waals surface area (Å²) < 4.78 is 16.5. The number of aryl methyl sites for hydroxylation is 1. The van der Waals surface area contributed by atoms with Crippen molar-refractivity contribution in [3.63, 3.8) is 0 Å². The molecule has 2 atom stereocenters. The lowest BCUT2D eigenvalue weighted by Gasteiger charge is -2.38. The molecule has 152 valence electrons. The minimum absolute atomic E-state index is 0.244. The maximum absolute atomic E-state index is 13.1. The molecule has 0 saturated heterocycles. The molecule has 2 aromatic carbocycles. The van der Waals surface area contributed by atoms with Crippen molar-refractivity contribution < 1.29 is 28.9 Å². The van der Waals surface area contributed by atoms with Crippen molar-refractivity contribution in [2.24, 2.45) is 0 Å². The topological polar surface area (TPSA) is 85.3 Å². The van der Waals surface area contributed by atoms with Gasteiger partial charge in [-0.1, -0.05) is 24.3 Å². The second-order valence-corrected chi connectivity index (χ2v) is 7.18. The molecule has 4 rings (SSSR count). The highest BCUT2D eigenvalue weighted by atomic mass is 16.5. The molecule has 0 aromatic heterocycles. The highest BCUT2D eigenvalue weighted by Crippen LogP contribution is 2.47. The molecule has 7 nitrogen and oxygen atoms in total. The van der Waals surface area contributed by atoms with Crippen LogP contribution in [0.2, 0.25) is 0 Å². The Hall–Kier alpha value is -3.22. The van der Waals surface area contributed by atoms with Crippen LogP contribution < -0.4 is 14.2 Å². The van der Waals surface area contributed by atoms with Crippen LogP contribution >= 0.6 is 0 Å². The molecule has 0 fully saturated rings. The van der Waals surface area contributed by atoms with E-state index in [0.29, 0.717) is 23.5 Å². The van der Waals surface area contributed by atoms with Gasteiger partial charge in [0.2, 0.25) is 0 Å². The number of benzene rings is 2. The first-order valence-corrected chi connectivity index (χ1v) is 9.55. The Morgan fingerprint density at radius 1 is 1.21 bits per heavy atom. The van der Waals surface area contributed by atoms with Crippen LogP contribution in [0.5, 0.6) is 17.2 Å². The molecule has 2 unspecified atom stereocenters. The van der Waals surface area contributed by atoms with Crippen LogP contribution in [0.3, 0.4) is 0 Å². The van der Waals surface area contributed by atoms with Crippen LogP contribution in [0, 0.1) is 0 Å². The van der Waals surface area contributed by atoms with E-state index >= 15 is 0 Å². The Bertz CT molecular complexity index is 956. The molecule has 0 saturated carbocycles. The molecular weight excluding hydrogens is 374 g/mol. The minimum Gasteiger partial charge on any atom is -0.496 e. The van der Waals surface area contributed by atoms with Gasteiger partial charge >= 0.3 is 5.97 Å². The fourth-order valence-corrected chi connectivity index (χ4v) is 4.36. The van der Waals surface area contributed by atoms with Gasteiger partial charge in [0, 0.05) is 12.1 Å². The van der Waals surface area contributed by atoms with E-state index in [9.17, 15) is 14.7 Å². The summed E-state index contributed by atoms with van der Waals surface area (Å²) in [6.07, 6.45) is 2.49. The minimum atomic E-state index is -1.22. The van der Waals surface area contributed by atoms with Gasteiger partial charge in [0.25, 0.3) is 5.91 Å². The van der Waals surface area contributed by atoms with Gasteiger partial charge in [-0.05, 0) is 30.4 Å². The number of hydrogen-bond donors (Lipinski definition) is 1. The van der Waals surface area contributed by atoms with Gasteiger partial charge < -0.3 is 24.2 Å². The normalized spacial score (nSPS) is 20.8. The second kappa shape index (κ2) is 7.66. The summed E-state index contributed by atoms with van der Waals surface area (Å²) in [5.41, 5.74) is 2.47. The smallest absolute Gasteiger partial charge is 0.331 e. The molecule has 1 aliphatic carbocycles. The quantitative estimate of drug-likeness (QED) is 0.853. The molecule has 1 aliphatic heterocycles. The predicted octanol–water partition coefficient (Wildman–Crippen LogP) is 3.13. The zero-order valence-corrected chi connectivity index (χ0v) is 16.4. The van der Waals surface area contributed by atoms with Crippen molar-refractivity contribution in [1.82, 2.24) is 4.90 Å². The van der Waals surface area contributed by atoms with Crippen molar-refractivity contribution in [2.75, 3.05) is 20.8 Å². The highest BCUT2D eigenvalue weighted by molar-refractivity contribution is 5.88. The van der Waals surface area contributed by atoms with Crippen molar-refractivity contribution in [3.8, 4) is 17.2 Å². The standard InChI is InChI=1S/C22H23NO6/c1-27-14-10-17(28-2)20-18(11-14)29-12-19(24)23(21(20)22(25)26)16-9-5-7-13-6-3-4-8-15(13)16/h3-4,6,8,10-11,16,21H,5,7,9,12H2,1-2H3,(H,25,26). The van der Waals surface area contributed by atoms with Gasteiger partial charge in [0.1, 0.15) is 17.2 Å². The van der Waals surface area contributed by atoms with E-state index in [1.54, 1.807) is 12.1 Å². The lowest BCUT2D eigenvalue weighted by Crippen LogP contribution is -2.43. The Balaban J connectivity index is 1.89. The van der Waals surface area contributed by atoms with Gasteiger partial charge in [-0.3, -0.25) is 4.79 Å². The zero-order chi connectivity index (χ0) is 20.5. The number of amides is 1. The fourth-order valence-electron chi connectivity index (χ4n) is 4.36. The number of nitrogens with zero attached hydrogens (tertiary/aromatic N) is 1. The molecule has 29 heavy (non-hydrogen) atoms. The molecular formula is C22H23NO6. The number of carbonyl (C=O) groups is 2. The van der Waals surface area contributed by atoms with Crippen molar-refractivity contribution in [3.05, 3.63) is 53.1 Å². The van der Waals surface area contributed by atoms with E-state index in [1.165, 1.54) is 19.1 Å². The Morgan fingerprint density at radius 3 is 2.72 bits per heavy atom. The van der Waals surface area contributed by atoms with Crippen LogP contribution in [0.15, 0.2) is 36.4 Å². The van der Waals surface area contributed by atoms with Crippen LogP contribution in [-0.4, -0.2) is 42.7 Å². The molecule has 0 radical (unpaired) electrons. The molecule has 1 heterocycles. The molecule has 0 spiro atoms. The van der Waals surface area contributed by atoms with Gasteiger partial charge in [0.05, 0.1) is 25.8 Å². The number of hydrogen-bond acceptors (Lipinski definition) is 5. The molecule has 1 N–H and O–H groups in total. The Morgan fingerprint density at radius 2 is 2.00 bits per heavy atom. The van der Waals surface area contributed by atoms with E-state index in [-0.39, 0.29) is 24.3 Å². The van der Waals surface area contributed by atoms with E-state index in [1.807, 2.05) is 24.3 Å². The SMILES string of the molecule is COc1cc(OC)c2c(c1)OCC(=O)N(C1CCCc3ccccc31)C2C(=O)O. The van der Waals surface area contributed by atoms with Crippen LogP contribution in [0.1, 0.15) is 41.6 Å². The monoisotopic (exact) mass is 397 g/mol. The molecule has 2 aliphatic rings. The largest absolute Gasteiger partial charge is 0.496 e. The summed E-state index contributed by atoms with van der Waals surface area (Å²) in [6.45, 7) is -0.244. The number of carbonyl (C=O) groups excluding carboxylic acids is 1. The molecule has 2 aromatic rings. The van der Waals surface area contributed by atoms with Crippen molar-refractivity contribution in [2.45, 2.75) is 31.3 Å². The Labute approximate surface area is 168 Å². The number of rotatable bonds is 4. The summed E-state index contributed by atoms with van der Waals surface area (Å²) in [6, 6.07) is 9.55. The van der Waals surface area contributed by atoms with Crippen molar-refractivity contribution in [1.29, 1.82) is 0 Å². The first-order valence-electron chi connectivity index (χ1n) is 9.55. The number of ether oxygens (including phenoxy) is 3. The van der Waals surface area contributed by atoms with Gasteiger partial charge in [-0.25, -0.2) is 4.79 Å². The third-order valence-electron chi connectivity index (χ3n) is 5.63. The number of carboxylic acids is 1. The second-order valence-electron chi connectivity index (χ2n) is 7.18. The average molecular weight is 397 g/mol. The first kappa shape index (κ1) is 19.1. The third-order valence-corrected chi connectivity index (χ3v) is 5.63. The number of fused-ring (bicyclic) bond motifs is 2. The summed E-state index contributed by atoms with van der Waals surface area (Å²) in [5.74, 6) is -0.425. The molecule has 0 bridgehead atoms. The van der Waals surface area contributed by atoms with Gasteiger partial charge in [-0.15, -0.1) is 0 Å². The van der Waals surface area contributed by atoms with Gasteiger partial charge in [0.15, 0.2) is 12.6 Å². The summed E-state index contributed by atoms with van der Waals surface area (Å²) in [7, 11) is 2.96. The third kappa shape index (κ3) is 3.26. The van der Waals surface area contributed by atoms with E-state index < -0.39 is 12.0 Å². The summed E-state index contributed by atoms with van der Waals surface area (Å²) in [4.78, 5) is 27.1. The summed E-state index contributed by atoms with van der Waals surface area (Å²) >= 11 is 0. The predicted molar refractivity (Wildman–Crippen MR) is 104 cm³/mol. The number of aliphatic carboxylic acids is 1. The number of methoxy groups -OCH3 is 2. The maximum atomic E-state index is 13.1. The maximum Gasteiger partial charge on any atom is 0.331 e. The van der Waals surface area contributed by atoms with Crippen LogP contribution in [0.4, 0.5) is 0 Å². The lowest BCUT2D eigenvalue weighted by molar-refractivity contribution is -0.153. The van der Waals surface area contributed by atoms with E-state index in [2.05, 4.69) is 0 Å². The first-order chi connectivity index (χ1) is 14.0. The average Bonchev–Trinajstić information content (AvgIpc) is 2.89. The van der Waals surface area contributed by atoms with Crippen molar-refractivity contribution >= 4 is 11.9 Å². The fraction of sp³-hybridized carbons (Fsp3) is 0.364. The highest BCUT2D eigenvalue weighted by Gasteiger charge is 2.43. The molecule has 7 heteroatoms. The van der Waals surface area contributed by atoms with E-state index in [4.69, 9.17) is 14.2 Å². The molecule has 1 amide bonds. The Kier molecular flexibility index (Phi) is 5.05. The zero-order valence-electron chi connectivity index (χ0n) is 16.4. The van der Waals surface area contributed by atoms with Gasteiger partial charge in [-0.2, -0.15) is 0 Å². The summed E-state index contributed by atoms with van der Waals surface area (Å²) in [5, 5.41) is 10.2. The van der Waals surface area contributed by atoms with Crippen LogP contribution in [0.25, 0.3) is 0 Å². The van der Waals surface area contributed by atoms with Crippen LogP contribution in [-0.2, 0) is 16.0 Å². The van der Waals surface area contributed by atoms with E-state index in [0.717, 1.165) is 24.0 Å². The number of carboxylic acid groups (broad SMARTS) is 1. The lowest BCUT2D eigenvalue weighted by atomic mass is 9.85.